The highest BCUT2D eigenvalue weighted by Gasteiger charge is 2.48. The molecule has 9 atom stereocenters. The maximum Gasteiger partial charge on any atom is 0.326 e. The number of likely N-dealkylation sites (N-methyl/N-ethyl adjacent to an activating group) is 1. The third-order valence-corrected chi connectivity index (χ3v) is 14.0. The molecule has 17 heteroatoms. The Kier molecular flexibility index (Phi) is 19.9. The first-order valence-electron chi connectivity index (χ1n) is 23.6. The predicted octanol–water partition coefficient (Wildman–Crippen LogP) is 3.73. The summed E-state index contributed by atoms with van der Waals surface area (Å²) in [5.74, 6) is -4.76. The summed E-state index contributed by atoms with van der Waals surface area (Å²) in [6.45, 7) is 12.2. The Labute approximate surface area is 390 Å². The van der Waals surface area contributed by atoms with Crippen LogP contribution in [-0.2, 0) is 54.3 Å². The number of hydrogen-bond donors (Lipinski definition) is 3. The smallest absolute Gasteiger partial charge is 0.326 e. The van der Waals surface area contributed by atoms with E-state index >= 15 is 0 Å². The van der Waals surface area contributed by atoms with Gasteiger partial charge in [0.05, 0.1) is 36.6 Å². The van der Waals surface area contributed by atoms with Crippen molar-refractivity contribution in [1.82, 2.24) is 30.2 Å². The molecule has 0 saturated carbocycles. The fourth-order valence-corrected chi connectivity index (χ4v) is 9.80. The molecule has 3 heterocycles. The zero-order valence-corrected chi connectivity index (χ0v) is 40.5. The number of carbonyl (C=O) groups excluding carboxylic acids is 7. The van der Waals surface area contributed by atoms with Crippen LogP contribution in [0.1, 0.15) is 111 Å². The van der Waals surface area contributed by atoms with Crippen LogP contribution >= 0.6 is 0 Å². The van der Waals surface area contributed by atoms with E-state index in [1.807, 2.05) is 33.8 Å². The Balaban J connectivity index is 1.41. The van der Waals surface area contributed by atoms with Gasteiger partial charge in [0.25, 0.3) is 11.8 Å². The van der Waals surface area contributed by atoms with Crippen molar-refractivity contribution < 1.29 is 52.9 Å². The van der Waals surface area contributed by atoms with Crippen LogP contribution in [0.25, 0.3) is 0 Å². The minimum atomic E-state index is -1.18. The maximum atomic E-state index is 14.6. The van der Waals surface area contributed by atoms with Crippen molar-refractivity contribution >= 4 is 47.3 Å². The van der Waals surface area contributed by atoms with Crippen molar-refractivity contribution in [2.75, 3.05) is 40.9 Å². The van der Waals surface area contributed by atoms with Crippen molar-refractivity contribution in [3.8, 4) is 0 Å². The first-order chi connectivity index (χ1) is 31.3. The summed E-state index contributed by atoms with van der Waals surface area (Å²) >= 11 is 0. The molecule has 1 aromatic rings. The summed E-state index contributed by atoms with van der Waals surface area (Å²) in [5, 5.41) is 15.6. The molecule has 17 nitrogen and oxygen atoms in total. The highest BCUT2D eigenvalue weighted by Crippen LogP contribution is 2.32. The number of likely N-dealkylation sites (tertiary alicyclic amines) is 2. The second-order valence-electron chi connectivity index (χ2n) is 18.8. The second kappa shape index (κ2) is 24.6. The van der Waals surface area contributed by atoms with Crippen LogP contribution in [0.15, 0.2) is 42.5 Å². The molecule has 0 aliphatic carbocycles. The van der Waals surface area contributed by atoms with Gasteiger partial charge in [-0.15, -0.1) is 0 Å². The first-order valence-corrected chi connectivity index (χ1v) is 23.6. The summed E-state index contributed by atoms with van der Waals surface area (Å²) in [7, 11) is 4.65. The Morgan fingerprint density at radius 3 is 2.15 bits per heavy atom. The number of imide groups is 1. The van der Waals surface area contributed by atoms with Crippen molar-refractivity contribution in [1.29, 1.82) is 0 Å². The molecular formula is C49H74N6O11. The van der Waals surface area contributed by atoms with Crippen LogP contribution in [0, 0.1) is 17.8 Å². The highest BCUT2D eigenvalue weighted by molar-refractivity contribution is 6.12. The van der Waals surface area contributed by atoms with Gasteiger partial charge >= 0.3 is 5.97 Å². The van der Waals surface area contributed by atoms with E-state index in [2.05, 4.69) is 10.6 Å². The minimum absolute atomic E-state index is 0.0750. The van der Waals surface area contributed by atoms with E-state index in [4.69, 9.17) is 9.47 Å². The Bertz CT molecular complexity index is 1890. The summed E-state index contributed by atoms with van der Waals surface area (Å²) < 4.78 is 11.9. The molecule has 2 saturated heterocycles. The lowest BCUT2D eigenvalue weighted by Gasteiger charge is -2.41. The Morgan fingerprint density at radius 2 is 1.56 bits per heavy atom. The van der Waals surface area contributed by atoms with Crippen LogP contribution in [0.5, 0.6) is 0 Å². The van der Waals surface area contributed by atoms with E-state index in [0.717, 1.165) is 5.56 Å². The van der Waals surface area contributed by atoms with Crippen LogP contribution in [0.3, 0.4) is 0 Å². The van der Waals surface area contributed by atoms with E-state index in [1.54, 1.807) is 59.9 Å². The molecule has 3 aliphatic rings. The lowest BCUT2D eigenvalue weighted by molar-refractivity contribution is -0.150. The van der Waals surface area contributed by atoms with Crippen molar-refractivity contribution in [3.63, 3.8) is 0 Å². The lowest BCUT2D eigenvalue weighted by atomic mass is 9.89. The number of carboxylic acid groups (broad SMARTS) is 1. The average molecular weight is 923 g/mol. The second-order valence-corrected chi connectivity index (χ2v) is 18.8. The molecule has 3 N–H and O–H groups in total. The molecule has 0 aromatic heterocycles. The van der Waals surface area contributed by atoms with Gasteiger partial charge in [0.1, 0.15) is 17.6 Å². The van der Waals surface area contributed by atoms with E-state index in [1.165, 1.54) is 31.3 Å². The monoisotopic (exact) mass is 923 g/mol. The van der Waals surface area contributed by atoms with Gasteiger partial charge in [-0.2, -0.15) is 0 Å². The quantitative estimate of drug-likeness (QED) is 0.0950. The molecule has 3 aliphatic heterocycles. The fraction of sp³-hybridized carbons (Fsp3) is 0.673. The molecular weight excluding hydrogens is 849 g/mol. The Morgan fingerprint density at radius 1 is 0.894 bits per heavy atom. The normalized spacial score (nSPS) is 21.6. The SMILES string of the molecule is CC[C@H](C)[C@@H]([C@@H](CC(=O)N1CCC[C@H]1[C@H](OC)[C@@H](C)C(=O)N[C@@H](Cc1ccccc1)C(=O)O)OC)N(C)C(=O)[C@@H](NC(=O)[C@]1(C)CCCN1C(=O)CCCCCN1C(=O)C=CC1=O)C(C)C. The van der Waals surface area contributed by atoms with Gasteiger partial charge in [0.15, 0.2) is 0 Å². The minimum Gasteiger partial charge on any atom is -0.480 e. The van der Waals surface area contributed by atoms with E-state index < -0.39 is 65.6 Å². The van der Waals surface area contributed by atoms with Gasteiger partial charge in [-0.1, -0.05) is 77.8 Å². The number of benzene rings is 1. The van der Waals surface area contributed by atoms with Crippen molar-refractivity contribution in [3.05, 3.63) is 48.0 Å². The zero-order chi connectivity index (χ0) is 48.9. The molecule has 0 spiro atoms. The number of ether oxygens (including phenoxy) is 2. The van der Waals surface area contributed by atoms with Gasteiger partial charge in [-0.25, -0.2) is 4.79 Å². The van der Waals surface area contributed by atoms with Gasteiger partial charge in [0.2, 0.25) is 29.5 Å². The number of rotatable bonds is 25. The summed E-state index contributed by atoms with van der Waals surface area (Å²) in [6, 6.07) is 5.88. The van der Waals surface area contributed by atoms with E-state index in [9.17, 15) is 43.5 Å². The Hall–Kier alpha value is -5.16. The number of aliphatic carboxylic acids is 1. The van der Waals surface area contributed by atoms with Gasteiger partial charge < -0.3 is 39.9 Å². The highest BCUT2D eigenvalue weighted by atomic mass is 16.5. The van der Waals surface area contributed by atoms with Crippen LogP contribution in [0.2, 0.25) is 0 Å². The maximum absolute atomic E-state index is 14.6. The summed E-state index contributed by atoms with van der Waals surface area (Å²) in [6.07, 6.45) is 5.91. The van der Waals surface area contributed by atoms with Gasteiger partial charge in [-0.05, 0) is 62.8 Å². The number of amides is 7. The van der Waals surface area contributed by atoms with E-state index in [-0.39, 0.29) is 67.2 Å². The number of carboxylic acids is 1. The molecule has 0 unspecified atom stereocenters. The fourth-order valence-electron chi connectivity index (χ4n) is 9.80. The van der Waals surface area contributed by atoms with Crippen molar-refractivity contribution in [2.24, 2.45) is 17.8 Å². The number of methoxy groups -OCH3 is 2. The third-order valence-electron chi connectivity index (χ3n) is 14.0. The molecule has 0 radical (unpaired) electrons. The van der Waals surface area contributed by atoms with Crippen LogP contribution in [0.4, 0.5) is 0 Å². The molecule has 0 bridgehead atoms. The molecule has 2 fully saturated rings. The van der Waals surface area contributed by atoms with E-state index in [0.29, 0.717) is 64.5 Å². The number of carbonyl (C=O) groups is 8. The van der Waals surface area contributed by atoms with Crippen LogP contribution in [-0.4, -0.2) is 155 Å². The molecule has 7 amide bonds. The molecule has 366 valence electrons. The lowest BCUT2D eigenvalue weighted by Crippen LogP contribution is -2.62. The number of nitrogens with zero attached hydrogens (tertiary/aromatic N) is 4. The first kappa shape index (κ1) is 53.5. The topological polar surface area (TPSA) is 212 Å². The number of nitrogens with one attached hydrogen (secondary N) is 2. The van der Waals surface area contributed by atoms with Crippen LogP contribution < -0.4 is 10.6 Å². The predicted molar refractivity (Wildman–Crippen MR) is 246 cm³/mol. The van der Waals surface area contributed by atoms with Gasteiger partial charge in [0, 0.05) is 65.9 Å². The third kappa shape index (κ3) is 13.0. The number of hydrogen-bond acceptors (Lipinski definition) is 10. The van der Waals surface area contributed by atoms with Crippen molar-refractivity contribution in [2.45, 2.75) is 154 Å². The summed E-state index contributed by atoms with van der Waals surface area (Å²) in [4.78, 5) is 112. The molecule has 1 aromatic carbocycles. The summed E-state index contributed by atoms with van der Waals surface area (Å²) in [5.41, 5.74) is -0.411. The molecule has 4 rings (SSSR count). The largest absolute Gasteiger partial charge is 0.480 e. The zero-order valence-electron chi connectivity index (χ0n) is 40.5. The number of unbranched alkanes of at least 4 members (excludes halogenated alkanes) is 2. The average Bonchev–Trinajstić information content (AvgIpc) is 4.03. The van der Waals surface area contributed by atoms with Gasteiger partial charge in [-0.3, -0.25) is 38.5 Å². The standard InChI is InChI=1S/C49H74N6O11/c1-10-32(4)43(37(65-8)30-41(59)53-27-17-21-36(53)44(66-9)33(5)45(60)50-35(47(62)63)29-34-19-13-11-14-20-34)52(7)46(61)42(31(2)3)51-48(64)49(6)25-18-28-55(49)40(58)22-15-12-16-26-54-38(56)23-24-39(54)57/h11,13-14,19-20,23-24,31-33,35-37,42-44H,10,12,15-18,21-22,25-30H2,1-9H3,(H,50,60)(H,51,64)(H,62,63)/t32-,33+,35-,36-,37+,42-,43-,44+,49-/m0/s1. The molecule has 66 heavy (non-hydrogen) atoms.